The van der Waals surface area contributed by atoms with Crippen LogP contribution in [0.15, 0.2) is 42.5 Å². The predicted octanol–water partition coefficient (Wildman–Crippen LogP) is 4.08. The Kier molecular flexibility index (Phi) is 2.34. The van der Waals surface area contributed by atoms with Crippen molar-refractivity contribution in [2.24, 2.45) is 0 Å². The van der Waals surface area contributed by atoms with Gasteiger partial charge in [0.1, 0.15) is 5.75 Å². The fourth-order valence-corrected chi connectivity index (χ4v) is 2.77. The molecule has 2 nitrogen and oxygen atoms in total. The molecule has 0 saturated heterocycles. The first kappa shape index (κ1) is 11.1. The van der Waals surface area contributed by atoms with Crippen molar-refractivity contribution >= 4 is 11.4 Å². The Morgan fingerprint density at radius 2 is 1.67 bits per heavy atom. The summed E-state index contributed by atoms with van der Waals surface area (Å²) in [4.78, 5) is 0. The van der Waals surface area contributed by atoms with Crippen LogP contribution < -0.4 is 10.1 Å². The normalized spacial score (nSPS) is 15.3. The molecule has 0 unspecified atom stereocenters. The molecule has 0 aromatic heterocycles. The fraction of sp³-hybridized carbons (Fsp3) is 0.250. The van der Waals surface area contributed by atoms with Gasteiger partial charge in [0.05, 0.1) is 12.8 Å². The van der Waals surface area contributed by atoms with E-state index in [2.05, 4.69) is 55.6 Å². The molecule has 92 valence electrons. The van der Waals surface area contributed by atoms with Crippen LogP contribution in [0.5, 0.6) is 5.75 Å². The third-order valence-corrected chi connectivity index (χ3v) is 3.78. The van der Waals surface area contributed by atoms with E-state index < -0.39 is 0 Å². The average molecular weight is 239 g/mol. The second kappa shape index (κ2) is 3.77. The van der Waals surface area contributed by atoms with Crippen molar-refractivity contribution in [3.8, 4) is 5.75 Å². The molecule has 1 aliphatic heterocycles. The first-order chi connectivity index (χ1) is 8.64. The van der Waals surface area contributed by atoms with Crippen LogP contribution in [0.3, 0.4) is 0 Å². The maximum Gasteiger partial charge on any atom is 0.142 e. The highest BCUT2D eigenvalue weighted by Crippen LogP contribution is 2.48. The van der Waals surface area contributed by atoms with E-state index in [4.69, 9.17) is 4.74 Å². The molecule has 0 bridgehead atoms. The quantitative estimate of drug-likeness (QED) is 0.809. The summed E-state index contributed by atoms with van der Waals surface area (Å²) >= 11 is 0. The zero-order valence-corrected chi connectivity index (χ0v) is 10.9. The number of benzene rings is 2. The van der Waals surface area contributed by atoms with E-state index in [0.717, 1.165) is 11.4 Å². The largest absolute Gasteiger partial charge is 0.495 e. The van der Waals surface area contributed by atoms with Gasteiger partial charge in [-0.1, -0.05) is 44.2 Å². The Bertz CT molecular complexity index is 602. The van der Waals surface area contributed by atoms with Crippen LogP contribution in [0, 0.1) is 0 Å². The van der Waals surface area contributed by atoms with Gasteiger partial charge in [-0.3, -0.25) is 0 Å². The zero-order valence-electron chi connectivity index (χ0n) is 10.9. The minimum atomic E-state index is -0.00822. The maximum atomic E-state index is 5.46. The Hall–Kier alpha value is -1.96. The van der Waals surface area contributed by atoms with Crippen LogP contribution >= 0.6 is 0 Å². The summed E-state index contributed by atoms with van der Waals surface area (Å²) in [6, 6.07) is 14.7. The Labute approximate surface area is 108 Å². The number of para-hydroxylation sites is 2. The molecule has 0 aliphatic carbocycles. The maximum absolute atomic E-state index is 5.46. The van der Waals surface area contributed by atoms with Crippen molar-refractivity contribution in [3.63, 3.8) is 0 Å². The summed E-state index contributed by atoms with van der Waals surface area (Å²) in [6.45, 7) is 4.51. The van der Waals surface area contributed by atoms with Crippen LogP contribution in [0.4, 0.5) is 11.4 Å². The summed E-state index contributed by atoms with van der Waals surface area (Å²) in [6.07, 6.45) is 0. The number of hydrogen-bond donors (Lipinski definition) is 1. The summed E-state index contributed by atoms with van der Waals surface area (Å²) in [5.41, 5.74) is 4.85. The molecule has 0 fully saturated rings. The molecule has 1 N–H and O–H groups in total. The van der Waals surface area contributed by atoms with Gasteiger partial charge in [0, 0.05) is 11.1 Å². The van der Waals surface area contributed by atoms with Gasteiger partial charge >= 0.3 is 0 Å². The third-order valence-electron chi connectivity index (χ3n) is 3.78. The smallest absolute Gasteiger partial charge is 0.142 e. The van der Waals surface area contributed by atoms with E-state index in [1.165, 1.54) is 16.8 Å². The lowest BCUT2D eigenvalue weighted by atomic mass is 9.74. The van der Waals surface area contributed by atoms with Gasteiger partial charge in [0.15, 0.2) is 0 Å². The predicted molar refractivity (Wildman–Crippen MR) is 74.8 cm³/mol. The van der Waals surface area contributed by atoms with E-state index in [9.17, 15) is 0 Å². The van der Waals surface area contributed by atoms with E-state index >= 15 is 0 Å². The third kappa shape index (κ3) is 1.42. The number of fused-ring (bicyclic) bond motifs is 2. The van der Waals surface area contributed by atoms with Crippen molar-refractivity contribution in [1.29, 1.82) is 0 Å². The molecule has 2 heteroatoms. The van der Waals surface area contributed by atoms with E-state index in [1.54, 1.807) is 7.11 Å². The monoisotopic (exact) mass is 239 g/mol. The van der Waals surface area contributed by atoms with Gasteiger partial charge in [-0.2, -0.15) is 0 Å². The molecular formula is C16H17NO. The van der Waals surface area contributed by atoms with Gasteiger partial charge < -0.3 is 10.1 Å². The van der Waals surface area contributed by atoms with Crippen LogP contribution in [0.25, 0.3) is 0 Å². The first-order valence-electron chi connectivity index (χ1n) is 6.18. The van der Waals surface area contributed by atoms with Gasteiger partial charge in [-0.05, 0) is 23.3 Å². The van der Waals surface area contributed by atoms with Crippen LogP contribution in [0.2, 0.25) is 0 Å². The van der Waals surface area contributed by atoms with Gasteiger partial charge in [-0.25, -0.2) is 0 Å². The molecule has 3 rings (SSSR count). The molecule has 2 aromatic carbocycles. The summed E-state index contributed by atoms with van der Waals surface area (Å²) < 4.78 is 5.46. The van der Waals surface area contributed by atoms with Crippen molar-refractivity contribution < 1.29 is 4.74 Å². The van der Waals surface area contributed by atoms with Crippen LogP contribution in [-0.4, -0.2) is 7.11 Å². The number of nitrogens with one attached hydrogen (secondary N) is 1. The first-order valence-corrected chi connectivity index (χ1v) is 6.18. The number of rotatable bonds is 1. The lowest BCUT2D eigenvalue weighted by Gasteiger charge is -2.36. The molecule has 0 radical (unpaired) electrons. The highest BCUT2D eigenvalue weighted by Gasteiger charge is 2.33. The van der Waals surface area contributed by atoms with E-state index in [-0.39, 0.29) is 5.41 Å². The second-order valence-corrected chi connectivity index (χ2v) is 5.18. The zero-order chi connectivity index (χ0) is 12.8. The van der Waals surface area contributed by atoms with E-state index in [1.807, 2.05) is 6.07 Å². The molecule has 2 aromatic rings. The van der Waals surface area contributed by atoms with Crippen molar-refractivity contribution in [1.82, 2.24) is 0 Å². The standard InChI is InChI=1S/C16H17NO/c1-16(2)11-7-4-5-9-13(11)17-15-12(16)8-6-10-14(15)18-3/h4-10,17H,1-3H3. The van der Waals surface area contributed by atoms with Crippen molar-refractivity contribution in [2.75, 3.05) is 12.4 Å². The lowest BCUT2D eigenvalue weighted by molar-refractivity contribution is 0.415. The number of anilines is 2. The minimum Gasteiger partial charge on any atom is -0.495 e. The molecule has 18 heavy (non-hydrogen) atoms. The summed E-state index contributed by atoms with van der Waals surface area (Å²) in [5.74, 6) is 0.898. The number of methoxy groups -OCH3 is 1. The Morgan fingerprint density at radius 1 is 0.944 bits per heavy atom. The number of hydrogen-bond acceptors (Lipinski definition) is 2. The molecule has 0 atom stereocenters. The summed E-state index contributed by atoms with van der Waals surface area (Å²) in [7, 11) is 1.71. The fourth-order valence-electron chi connectivity index (χ4n) is 2.77. The highest BCUT2D eigenvalue weighted by atomic mass is 16.5. The van der Waals surface area contributed by atoms with Crippen molar-refractivity contribution in [3.05, 3.63) is 53.6 Å². The topological polar surface area (TPSA) is 21.3 Å². The van der Waals surface area contributed by atoms with Gasteiger partial charge in [0.25, 0.3) is 0 Å². The Balaban J connectivity index is 2.27. The Morgan fingerprint density at radius 3 is 2.44 bits per heavy atom. The van der Waals surface area contributed by atoms with Gasteiger partial charge in [0.2, 0.25) is 0 Å². The average Bonchev–Trinajstić information content (AvgIpc) is 2.38. The molecular weight excluding hydrogens is 222 g/mol. The van der Waals surface area contributed by atoms with E-state index in [0.29, 0.717) is 0 Å². The number of ether oxygens (including phenoxy) is 1. The lowest BCUT2D eigenvalue weighted by Crippen LogP contribution is -2.26. The summed E-state index contributed by atoms with van der Waals surface area (Å²) in [5, 5.41) is 3.49. The van der Waals surface area contributed by atoms with Crippen LogP contribution in [-0.2, 0) is 5.41 Å². The van der Waals surface area contributed by atoms with Gasteiger partial charge in [-0.15, -0.1) is 0 Å². The molecule has 1 aliphatic rings. The highest BCUT2D eigenvalue weighted by molar-refractivity contribution is 5.79. The second-order valence-electron chi connectivity index (χ2n) is 5.18. The van der Waals surface area contributed by atoms with Crippen molar-refractivity contribution in [2.45, 2.75) is 19.3 Å². The molecule has 1 heterocycles. The SMILES string of the molecule is COc1cccc2c1Nc1ccccc1C2(C)C. The molecule has 0 amide bonds. The molecule has 0 saturated carbocycles. The molecule has 0 spiro atoms. The minimum absolute atomic E-state index is 0.00822. The van der Waals surface area contributed by atoms with Crippen LogP contribution in [0.1, 0.15) is 25.0 Å².